The second kappa shape index (κ2) is 5.49. The molecule has 0 aliphatic carbocycles. The van der Waals surface area contributed by atoms with Gasteiger partial charge in [0.25, 0.3) is 0 Å². The third-order valence-corrected chi connectivity index (χ3v) is 3.40. The number of hydrogen-bond donors (Lipinski definition) is 1. The minimum absolute atomic E-state index is 0.0733. The van der Waals surface area contributed by atoms with E-state index < -0.39 is 0 Å². The van der Waals surface area contributed by atoms with Gasteiger partial charge in [0.1, 0.15) is 10.6 Å². The van der Waals surface area contributed by atoms with Crippen LogP contribution in [0.15, 0.2) is 11.4 Å². The highest BCUT2D eigenvalue weighted by Crippen LogP contribution is 2.26. The number of fused-ring (bicyclic) bond motifs is 1. The number of aromatic nitrogens is 2. The molecule has 18 heavy (non-hydrogen) atoms. The Bertz CT molecular complexity index is 569. The number of nitrogens with one attached hydrogen (secondary N) is 1. The van der Waals surface area contributed by atoms with Crippen LogP contribution in [0.5, 0.6) is 0 Å². The highest BCUT2D eigenvalue weighted by Gasteiger charge is 2.08. The van der Waals surface area contributed by atoms with Crippen molar-refractivity contribution in [1.29, 1.82) is 0 Å². The first-order valence-electron chi connectivity index (χ1n) is 5.42. The summed E-state index contributed by atoms with van der Waals surface area (Å²) >= 11 is 7.35. The van der Waals surface area contributed by atoms with E-state index in [2.05, 4.69) is 15.3 Å². The van der Waals surface area contributed by atoms with Crippen molar-refractivity contribution >= 4 is 44.9 Å². The predicted octanol–water partition coefficient (Wildman–Crippen LogP) is 2.23. The first-order valence-corrected chi connectivity index (χ1v) is 6.68. The molecule has 0 spiro atoms. The van der Waals surface area contributed by atoms with Gasteiger partial charge in [-0.25, -0.2) is 9.97 Å². The molecule has 0 fully saturated rings. The SMILES string of the molecule is CN(C)C(=O)CCNc1nc(Cl)nc2sccc12. The molecule has 0 atom stereocenters. The van der Waals surface area contributed by atoms with Gasteiger partial charge in [-0.1, -0.05) is 0 Å². The Morgan fingerprint density at radius 3 is 3.00 bits per heavy atom. The molecule has 7 heteroatoms. The molecule has 0 saturated heterocycles. The number of hydrogen-bond acceptors (Lipinski definition) is 5. The van der Waals surface area contributed by atoms with E-state index in [-0.39, 0.29) is 11.2 Å². The summed E-state index contributed by atoms with van der Waals surface area (Å²) in [6.45, 7) is 0.523. The van der Waals surface area contributed by atoms with Crippen LogP contribution >= 0.6 is 22.9 Å². The average molecular weight is 285 g/mol. The summed E-state index contributed by atoms with van der Waals surface area (Å²) in [5.74, 6) is 0.752. The number of anilines is 1. The molecule has 0 bridgehead atoms. The summed E-state index contributed by atoms with van der Waals surface area (Å²) in [6.07, 6.45) is 0.417. The maximum atomic E-state index is 11.4. The number of thiophene rings is 1. The lowest BCUT2D eigenvalue weighted by Gasteiger charge is -2.11. The number of nitrogens with zero attached hydrogens (tertiary/aromatic N) is 3. The summed E-state index contributed by atoms with van der Waals surface area (Å²) in [5, 5.41) is 6.21. The topological polar surface area (TPSA) is 58.1 Å². The van der Waals surface area contributed by atoms with Gasteiger partial charge in [0.15, 0.2) is 0 Å². The Labute approximate surface area is 114 Å². The quantitative estimate of drug-likeness (QED) is 0.875. The lowest BCUT2D eigenvalue weighted by atomic mass is 10.3. The van der Waals surface area contributed by atoms with Crippen LogP contribution in [0.2, 0.25) is 5.28 Å². The Balaban J connectivity index is 2.07. The third-order valence-electron chi connectivity index (χ3n) is 2.43. The summed E-state index contributed by atoms with van der Waals surface area (Å²) in [7, 11) is 3.47. The molecule has 2 aromatic heterocycles. The fourth-order valence-corrected chi connectivity index (χ4v) is 2.46. The average Bonchev–Trinajstić information content (AvgIpc) is 2.76. The van der Waals surface area contributed by atoms with Gasteiger partial charge in [-0.15, -0.1) is 11.3 Å². The Kier molecular flexibility index (Phi) is 3.98. The molecule has 0 aromatic carbocycles. The van der Waals surface area contributed by atoms with E-state index in [1.807, 2.05) is 11.4 Å². The van der Waals surface area contributed by atoms with Gasteiger partial charge < -0.3 is 10.2 Å². The summed E-state index contributed by atoms with van der Waals surface area (Å²) in [4.78, 5) is 22.1. The van der Waals surface area contributed by atoms with Crippen molar-refractivity contribution in [1.82, 2.24) is 14.9 Å². The number of carbonyl (C=O) groups excluding carboxylic acids is 1. The van der Waals surface area contributed by atoms with Crippen LogP contribution < -0.4 is 5.32 Å². The van der Waals surface area contributed by atoms with E-state index in [1.165, 1.54) is 11.3 Å². The van der Waals surface area contributed by atoms with E-state index >= 15 is 0 Å². The van der Waals surface area contributed by atoms with Crippen molar-refractivity contribution in [3.8, 4) is 0 Å². The number of carbonyl (C=O) groups is 1. The van der Waals surface area contributed by atoms with Crippen LogP contribution in [-0.2, 0) is 4.79 Å². The molecule has 0 aliphatic rings. The maximum Gasteiger partial charge on any atom is 0.225 e. The highest BCUT2D eigenvalue weighted by atomic mass is 35.5. The monoisotopic (exact) mass is 284 g/mol. The molecule has 1 N–H and O–H groups in total. The fraction of sp³-hybridized carbons (Fsp3) is 0.364. The zero-order chi connectivity index (χ0) is 13.1. The van der Waals surface area contributed by atoms with E-state index in [0.29, 0.717) is 18.8 Å². The molecule has 1 amide bonds. The molecule has 0 saturated carbocycles. The minimum Gasteiger partial charge on any atom is -0.369 e. The first-order chi connectivity index (χ1) is 8.58. The van der Waals surface area contributed by atoms with Gasteiger partial charge in [-0.3, -0.25) is 4.79 Å². The lowest BCUT2D eigenvalue weighted by molar-refractivity contribution is -0.128. The van der Waals surface area contributed by atoms with E-state index in [0.717, 1.165) is 10.2 Å². The predicted molar refractivity (Wildman–Crippen MR) is 74.2 cm³/mol. The van der Waals surface area contributed by atoms with Crippen LogP contribution in [0.3, 0.4) is 0 Å². The molecular formula is C11H13ClN4OS. The largest absolute Gasteiger partial charge is 0.369 e. The van der Waals surface area contributed by atoms with E-state index in [1.54, 1.807) is 19.0 Å². The molecule has 2 rings (SSSR count). The van der Waals surface area contributed by atoms with E-state index in [4.69, 9.17) is 11.6 Å². The minimum atomic E-state index is 0.0733. The van der Waals surface area contributed by atoms with Crippen molar-refractivity contribution in [2.24, 2.45) is 0 Å². The standard InChI is InChI=1S/C11H13ClN4OS/c1-16(2)8(17)3-5-13-9-7-4-6-18-10(7)15-11(12)14-9/h4,6H,3,5H2,1-2H3,(H,13,14,15). The van der Waals surface area contributed by atoms with Crippen molar-refractivity contribution in [2.45, 2.75) is 6.42 Å². The number of halogens is 1. The van der Waals surface area contributed by atoms with E-state index in [9.17, 15) is 4.79 Å². The number of amides is 1. The molecule has 2 aromatic rings. The molecule has 0 aliphatic heterocycles. The van der Waals surface area contributed by atoms with Crippen molar-refractivity contribution in [3.05, 3.63) is 16.7 Å². The normalized spacial score (nSPS) is 10.6. The van der Waals surface area contributed by atoms with Crippen LogP contribution in [0, 0.1) is 0 Å². The second-order valence-electron chi connectivity index (χ2n) is 3.95. The Morgan fingerprint density at radius 1 is 1.50 bits per heavy atom. The molecule has 2 heterocycles. The first kappa shape index (κ1) is 13.0. The van der Waals surface area contributed by atoms with Gasteiger partial charge in [-0.05, 0) is 23.0 Å². The van der Waals surface area contributed by atoms with Crippen molar-refractivity contribution in [3.63, 3.8) is 0 Å². The summed E-state index contributed by atoms with van der Waals surface area (Å²) in [6, 6.07) is 1.94. The molecule has 0 radical (unpaired) electrons. The van der Waals surface area contributed by atoms with Crippen LogP contribution in [-0.4, -0.2) is 41.4 Å². The van der Waals surface area contributed by atoms with Gasteiger partial charge >= 0.3 is 0 Å². The van der Waals surface area contributed by atoms with Crippen LogP contribution in [0.4, 0.5) is 5.82 Å². The smallest absolute Gasteiger partial charge is 0.225 e. The van der Waals surface area contributed by atoms with Gasteiger partial charge in [0.05, 0.1) is 5.39 Å². The third kappa shape index (κ3) is 2.88. The lowest BCUT2D eigenvalue weighted by Crippen LogP contribution is -2.24. The molecular weight excluding hydrogens is 272 g/mol. The van der Waals surface area contributed by atoms with Crippen molar-refractivity contribution < 1.29 is 4.79 Å². The molecule has 0 unspecified atom stereocenters. The number of rotatable bonds is 4. The second-order valence-corrected chi connectivity index (χ2v) is 5.18. The summed E-state index contributed by atoms with van der Waals surface area (Å²) < 4.78 is 0. The van der Waals surface area contributed by atoms with Gasteiger partial charge in [0, 0.05) is 27.1 Å². The fourth-order valence-electron chi connectivity index (χ4n) is 1.48. The molecule has 5 nitrogen and oxygen atoms in total. The zero-order valence-electron chi connectivity index (χ0n) is 10.1. The van der Waals surface area contributed by atoms with Gasteiger partial charge in [0.2, 0.25) is 11.2 Å². The van der Waals surface area contributed by atoms with Crippen LogP contribution in [0.1, 0.15) is 6.42 Å². The maximum absolute atomic E-state index is 11.4. The van der Waals surface area contributed by atoms with Crippen LogP contribution in [0.25, 0.3) is 10.2 Å². The zero-order valence-corrected chi connectivity index (χ0v) is 11.7. The highest BCUT2D eigenvalue weighted by molar-refractivity contribution is 7.16. The molecule has 96 valence electrons. The van der Waals surface area contributed by atoms with Gasteiger partial charge in [-0.2, -0.15) is 0 Å². The van der Waals surface area contributed by atoms with Crippen molar-refractivity contribution in [2.75, 3.05) is 26.0 Å². The summed E-state index contributed by atoms with van der Waals surface area (Å²) in [5.41, 5.74) is 0. The Hall–Kier alpha value is -1.40. The Morgan fingerprint density at radius 2 is 2.28 bits per heavy atom.